The number of amides is 1. The standard InChI is InChI=1S/C24H19ClN4OS3/c25-20(13-17-7-2-1-3-8-17)14-26-27-22(30)16-32-24-29-28-23(33-24)31-15-19-11-6-10-18-9-4-5-12-21(18)19/h1-14H,15-16H2,(H,27,30). The number of benzene rings is 3. The predicted octanol–water partition coefficient (Wildman–Crippen LogP) is 6.46. The molecule has 1 aromatic heterocycles. The van der Waals surface area contributed by atoms with Crippen molar-refractivity contribution in [1.82, 2.24) is 15.6 Å². The second kappa shape index (κ2) is 12.0. The van der Waals surface area contributed by atoms with Crippen molar-refractivity contribution in [2.45, 2.75) is 14.4 Å². The molecule has 4 rings (SSSR count). The Hall–Kier alpha value is -2.65. The lowest BCUT2D eigenvalue weighted by Crippen LogP contribution is -2.19. The van der Waals surface area contributed by atoms with E-state index in [0.29, 0.717) is 5.03 Å². The zero-order valence-electron chi connectivity index (χ0n) is 17.3. The summed E-state index contributed by atoms with van der Waals surface area (Å²) in [5, 5.41) is 15.2. The molecule has 0 fully saturated rings. The zero-order chi connectivity index (χ0) is 22.9. The highest BCUT2D eigenvalue weighted by molar-refractivity contribution is 8.03. The Kier molecular flexibility index (Phi) is 8.54. The number of hydrogen-bond acceptors (Lipinski definition) is 7. The van der Waals surface area contributed by atoms with Crippen molar-refractivity contribution < 1.29 is 4.79 Å². The van der Waals surface area contributed by atoms with E-state index < -0.39 is 0 Å². The second-order valence-corrected chi connectivity index (χ2v) is 10.6. The Bertz CT molecular complexity index is 1290. The highest BCUT2D eigenvalue weighted by Gasteiger charge is 2.09. The summed E-state index contributed by atoms with van der Waals surface area (Å²) in [5.41, 5.74) is 4.70. The zero-order valence-corrected chi connectivity index (χ0v) is 20.6. The average Bonchev–Trinajstić information content (AvgIpc) is 3.30. The first-order valence-electron chi connectivity index (χ1n) is 9.97. The minimum Gasteiger partial charge on any atom is -0.272 e. The minimum atomic E-state index is -0.236. The molecule has 0 aliphatic carbocycles. The molecule has 166 valence electrons. The molecule has 0 saturated heterocycles. The van der Waals surface area contributed by atoms with E-state index in [1.807, 2.05) is 36.4 Å². The van der Waals surface area contributed by atoms with E-state index in [1.165, 1.54) is 45.6 Å². The summed E-state index contributed by atoms with van der Waals surface area (Å²) < 4.78 is 1.62. The Morgan fingerprint density at radius 2 is 1.70 bits per heavy atom. The van der Waals surface area contributed by atoms with Gasteiger partial charge in [0.2, 0.25) is 0 Å². The molecule has 4 aromatic rings. The van der Waals surface area contributed by atoms with Gasteiger partial charge in [-0.05, 0) is 28.0 Å². The van der Waals surface area contributed by atoms with Crippen LogP contribution in [0.15, 0.2) is 91.6 Å². The number of halogens is 1. The number of carbonyl (C=O) groups is 1. The maximum Gasteiger partial charge on any atom is 0.250 e. The van der Waals surface area contributed by atoms with E-state index in [9.17, 15) is 4.79 Å². The van der Waals surface area contributed by atoms with Crippen LogP contribution >= 0.6 is 46.5 Å². The molecular formula is C24H19ClN4OS3. The van der Waals surface area contributed by atoms with Gasteiger partial charge < -0.3 is 0 Å². The number of fused-ring (bicyclic) bond motifs is 1. The molecule has 0 unspecified atom stereocenters. The topological polar surface area (TPSA) is 67.2 Å². The molecule has 5 nitrogen and oxygen atoms in total. The molecular weight excluding hydrogens is 492 g/mol. The smallest absolute Gasteiger partial charge is 0.250 e. The maximum atomic E-state index is 12.0. The Labute approximate surface area is 209 Å². The van der Waals surface area contributed by atoms with Gasteiger partial charge in [0.25, 0.3) is 5.91 Å². The second-order valence-electron chi connectivity index (χ2n) is 6.78. The fourth-order valence-corrected chi connectivity index (χ4v) is 5.93. The molecule has 0 spiro atoms. The van der Waals surface area contributed by atoms with Gasteiger partial charge >= 0.3 is 0 Å². The molecule has 0 aliphatic heterocycles. The molecule has 9 heteroatoms. The van der Waals surface area contributed by atoms with Gasteiger partial charge in [0.05, 0.1) is 17.0 Å². The first kappa shape index (κ1) is 23.5. The van der Waals surface area contributed by atoms with Crippen molar-refractivity contribution in [3.63, 3.8) is 0 Å². The fraction of sp³-hybridized carbons (Fsp3) is 0.0833. The Morgan fingerprint density at radius 3 is 2.55 bits per heavy atom. The van der Waals surface area contributed by atoms with Crippen LogP contribution in [-0.4, -0.2) is 28.1 Å². The van der Waals surface area contributed by atoms with Crippen molar-refractivity contribution in [2.24, 2.45) is 5.10 Å². The van der Waals surface area contributed by atoms with Crippen LogP contribution in [0.25, 0.3) is 16.8 Å². The molecule has 1 N–H and O–H groups in total. The van der Waals surface area contributed by atoms with E-state index >= 15 is 0 Å². The highest BCUT2D eigenvalue weighted by atomic mass is 35.5. The van der Waals surface area contributed by atoms with E-state index in [2.05, 4.69) is 57.1 Å². The van der Waals surface area contributed by atoms with Crippen LogP contribution < -0.4 is 5.43 Å². The summed E-state index contributed by atoms with van der Waals surface area (Å²) in [7, 11) is 0. The molecule has 0 saturated carbocycles. The molecule has 0 bridgehead atoms. The number of aromatic nitrogens is 2. The van der Waals surface area contributed by atoms with Crippen LogP contribution in [0.3, 0.4) is 0 Å². The van der Waals surface area contributed by atoms with Gasteiger partial charge in [0, 0.05) is 5.75 Å². The lowest BCUT2D eigenvalue weighted by atomic mass is 10.1. The van der Waals surface area contributed by atoms with Gasteiger partial charge in [-0.3, -0.25) is 4.79 Å². The average molecular weight is 511 g/mol. The molecule has 1 amide bonds. The highest BCUT2D eigenvalue weighted by Crippen LogP contribution is 2.32. The van der Waals surface area contributed by atoms with Crippen molar-refractivity contribution in [3.8, 4) is 0 Å². The van der Waals surface area contributed by atoms with Crippen LogP contribution in [0.1, 0.15) is 11.1 Å². The number of carbonyl (C=O) groups excluding carboxylic acids is 1. The van der Waals surface area contributed by atoms with Gasteiger partial charge in [-0.15, -0.1) is 10.2 Å². The molecule has 0 aliphatic rings. The molecule has 1 heterocycles. The third kappa shape index (κ3) is 7.17. The maximum absolute atomic E-state index is 12.0. The number of nitrogens with one attached hydrogen (secondary N) is 1. The fourth-order valence-electron chi connectivity index (χ4n) is 2.94. The summed E-state index contributed by atoms with van der Waals surface area (Å²) in [6.07, 6.45) is 3.18. The quantitative estimate of drug-likeness (QED) is 0.159. The summed E-state index contributed by atoms with van der Waals surface area (Å²) in [6, 6.07) is 24.3. The normalized spacial score (nSPS) is 11.8. The Morgan fingerprint density at radius 1 is 0.970 bits per heavy atom. The summed E-state index contributed by atoms with van der Waals surface area (Å²) in [4.78, 5) is 12.0. The van der Waals surface area contributed by atoms with Crippen molar-refractivity contribution in [1.29, 1.82) is 0 Å². The van der Waals surface area contributed by atoms with Crippen molar-refractivity contribution in [2.75, 3.05) is 5.75 Å². The van der Waals surface area contributed by atoms with Crippen LogP contribution in [0, 0.1) is 0 Å². The van der Waals surface area contributed by atoms with Crippen LogP contribution in [0.5, 0.6) is 0 Å². The molecule has 0 atom stereocenters. The van der Waals surface area contributed by atoms with Crippen LogP contribution in [0.4, 0.5) is 0 Å². The first-order chi connectivity index (χ1) is 16.2. The molecule has 33 heavy (non-hydrogen) atoms. The summed E-state index contributed by atoms with van der Waals surface area (Å²) >= 11 is 10.6. The number of hydrazone groups is 1. The van der Waals surface area contributed by atoms with Gasteiger partial charge in [0.1, 0.15) is 0 Å². The summed E-state index contributed by atoms with van der Waals surface area (Å²) in [6.45, 7) is 0. The van der Waals surface area contributed by atoms with E-state index in [0.717, 1.165) is 20.0 Å². The lowest BCUT2D eigenvalue weighted by molar-refractivity contribution is -0.118. The van der Waals surface area contributed by atoms with Crippen LogP contribution in [-0.2, 0) is 10.5 Å². The number of allylic oxidation sites excluding steroid dienone is 1. The van der Waals surface area contributed by atoms with Crippen molar-refractivity contribution >= 4 is 75.4 Å². The third-order valence-electron chi connectivity index (χ3n) is 4.43. The van der Waals surface area contributed by atoms with Gasteiger partial charge in [-0.25, -0.2) is 5.43 Å². The van der Waals surface area contributed by atoms with Gasteiger partial charge in [-0.2, -0.15) is 5.10 Å². The number of thioether (sulfide) groups is 2. The van der Waals surface area contributed by atoms with E-state index in [-0.39, 0.29) is 11.7 Å². The SMILES string of the molecule is O=C(CSc1nnc(SCc2cccc3ccccc23)s1)NN=CC(Cl)=Cc1ccccc1. The monoisotopic (exact) mass is 510 g/mol. The van der Waals surface area contributed by atoms with E-state index in [1.54, 1.807) is 17.8 Å². The Balaban J connectivity index is 1.23. The number of hydrogen-bond donors (Lipinski definition) is 1. The number of nitrogens with zero attached hydrogens (tertiary/aromatic N) is 3. The van der Waals surface area contributed by atoms with Crippen LogP contribution in [0.2, 0.25) is 0 Å². The molecule has 0 radical (unpaired) electrons. The molecule has 3 aromatic carbocycles. The first-order valence-corrected chi connectivity index (χ1v) is 13.1. The summed E-state index contributed by atoms with van der Waals surface area (Å²) in [5.74, 6) is 0.771. The van der Waals surface area contributed by atoms with Crippen molar-refractivity contribution in [3.05, 3.63) is 89.0 Å². The predicted molar refractivity (Wildman–Crippen MR) is 141 cm³/mol. The largest absolute Gasteiger partial charge is 0.272 e. The van der Waals surface area contributed by atoms with E-state index in [4.69, 9.17) is 11.6 Å². The van der Waals surface area contributed by atoms with Gasteiger partial charge in [-0.1, -0.05) is 119 Å². The lowest BCUT2D eigenvalue weighted by Gasteiger charge is -2.04. The van der Waals surface area contributed by atoms with Gasteiger partial charge in [0.15, 0.2) is 8.68 Å². The number of rotatable bonds is 9. The minimum absolute atomic E-state index is 0.194. The third-order valence-corrected chi connectivity index (χ3v) is 7.87.